The van der Waals surface area contributed by atoms with Crippen LogP contribution in [0.1, 0.15) is 18.9 Å². The maximum absolute atomic E-state index is 12.1. The van der Waals surface area contributed by atoms with Gasteiger partial charge in [0, 0.05) is 6.42 Å². The highest BCUT2D eigenvalue weighted by atomic mass is 32.2. The number of aliphatic hydroxyl groups excluding tert-OH is 1. The minimum Gasteiger partial charge on any atom is -0.388 e. The zero-order chi connectivity index (χ0) is 17.0. The lowest BCUT2D eigenvalue weighted by atomic mass is 9.99. The fourth-order valence-corrected chi connectivity index (χ4v) is 1.75. The molecule has 0 spiro atoms. The molecule has 5 nitrogen and oxygen atoms in total. The van der Waals surface area contributed by atoms with Gasteiger partial charge in [-0.2, -0.15) is 21.6 Å². The van der Waals surface area contributed by atoms with Crippen molar-refractivity contribution in [2.75, 3.05) is 0 Å². The minimum absolute atomic E-state index is 0.127. The molecule has 1 aromatic carbocycles. The maximum atomic E-state index is 12.1. The molecule has 122 valence electrons. The molecule has 0 aliphatic carbocycles. The van der Waals surface area contributed by atoms with Gasteiger partial charge in [-0.1, -0.05) is 42.1 Å². The highest BCUT2D eigenvalue weighted by Crippen LogP contribution is 2.25. The molecule has 0 saturated heterocycles. The number of hydrogen-bond acceptors (Lipinski definition) is 5. The fourth-order valence-electron chi connectivity index (χ4n) is 1.44. The van der Waals surface area contributed by atoms with Crippen molar-refractivity contribution < 1.29 is 31.0 Å². The smallest absolute Gasteiger partial charge is 0.388 e. The van der Waals surface area contributed by atoms with E-state index in [1.165, 1.54) is 6.92 Å². The van der Waals surface area contributed by atoms with E-state index < -0.39 is 21.7 Å². The van der Waals surface area contributed by atoms with E-state index in [0.29, 0.717) is 11.1 Å². The first-order valence-electron chi connectivity index (χ1n) is 6.00. The second-order valence-corrected chi connectivity index (χ2v) is 5.93. The van der Waals surface area contributed by atoms with Crippen molar-refractivity contribution in [3.63, 3.8) is 0 Å². The van der Waals surface area contributed by atoms with Crippen LogP contribution in [0.3, 0.4) is 0 Å². The Kier molecular flexibility index (Phi) is 5.72. The highest BCUT2D eigenvalue weighted by Gasteiger charge is 2.49. The van der Waals surface area contributed by atoms with Crippen molar-refractivity contribution in [3.8, 4) is 0 Å². The second kappa shape index (κ2) is 6.93. The molecule has 0 fully saturated rings. The van der Waals surface area contributed by atoms with E-state index in [2.05, 4.69) is 16.0 Å². The number of hydrogen-bond donors (Lipinski definition) is 1. The van der Waals surface area contributed by atoms with E-state index >= 15 is 0 Å². The molecule has 22 heavy (non-hydrogen) atoms. The summed E-state index contributed by atoms with van der Waals surface area (Å²) in [7, 11) is -5.79. The second-order valence-electron chi connectivity index (χ2n) is 4.41. The first-order chi connectivity index (χ1) is 10.0. The van der Waals surface area contributed by atoms with Crippen LogP contribution in [0, 0.1) is 0 Å². The predicted octanol–water partition coefficient (Wildman–Crippen LogP) is 2.69. The van der Waals surface area contributed by atoms with Crippen molar-refractivity contribution in [2.45, 2.75) is 25.0 Å². The normalized spacial score (nSPS) is 14.5. The summed E-state index contributed by atoms with van der Waals surface area (Å²) in [6.45, 7) is 4.91. The number of benzene rings is 1. The molecular formula is C13H14F3NO4S. The van der Waals surface area contributed by atoms with Gasteiger partial charge in [-0.3, -0.25) is 4.28 Å². The van der Waals surface area contributed by atoms with Crippen LogP contribution in [0.25, 0.3) is 5.57 Å². The number of halogens is 3. The van der Waals surface area contributed by atoms with Crippen LogP contribution in [0.2, 0.25) is 0 Å². The van der Waals surface area contributed by atoms with Crippen molar-refractivity contribution in [2.24, 2.45) is 5.16 Å². The third kappa shape index (κ3) is 4.85. The van der Waals surface area contributed by atoms with E-state index in [-0.39, 0.29) is 12.1 Å². The van der Waals surface area contributed by atoms with Gasteiger partial charge in [0.05, 0.1) is 11.8 Å². The molecule has 0 saturated carbocycles. The fraction of sp³-hybridized carbons (Fsp3) is 0.308. The summed E-state index contributed by atoms with van der Waals surface area (Å²) in [6.07, 6.45) is -1.36. The number of nitrogens with zero attached hydrogens (tertiary/aromatic N) is 1. The molecule has 1 atom stereocenters. The molecular weight excluding hydrogens is 323 g/mol. The Balaban J connectivity index is 2.70. The van der Waals surface area contributed by atoms with Gasteiger partial charge in [-0.15, -0.1) is 0 Å². The van der Waals surface area contributed by atoms with Gasteiger partial charge >= 0.3 is 15.6 Å². The minimum atomic E-state index is -5.79. The highest BCUT2D eigenvalue weighted by molar-refractivity contribution is 7.87. The zero-order valence-electron chi connectivity index (χ0n) is 11.5. The Hall–Kier alpha value is -1.87. The lowest BCUT2D eigenvalue weighted by Crippen LogP contribution is -2.24. The third-order valence-corrected chi connectivity index (χ3v) is 3.45. The number of aliphatic hydroxyl groups is 1. The average molecular weight is 337 g/mol. The van der Waals surface area contributed by atoms with E-state index in [4.69, 9.17) is 0 Å². The summed E-state index contributed by atoms with van der Waals surface area (Å²) >= 11 is 0. The molecule has 9 heteroatoms. The first kappa shape index (κ1) is 18.2. The van der Waals surface area contributed by atoms with Crippen LogP contribution < -0.4 is 0 Å². The van der Waals surface area contributed by atoms with Crippen LogP contribution in [0.5, 0.6) is 0 Å². The zero-order valence-corrected chi connectivity index (χ0v) is 12.4. The third-order valence-electron chi connectivity index (χ3n) is 2.61. The van der Waals surface area contributed by atoms with Crippen LogP contribution in [0.15, 0.2) is 42.1 Å². The lowest BCUT2D eigenvalue weighted by Gasteiger charge is -2.13. The summed E-state index contributed by atoms with van der Waals surface area (Å²) in [4.78, 5) is 0. The molecule has 0 aromatic heterocycles. The van der Waals surface area contributed by atoms with Gasteiger partial charge in [-0.25, -0.2) is 0 Å². The Morgan fingerprint density at radius 3 is 2.41 bits per heavy atom. The van der Waals surface area contributed by atoms with Gasteiger partial charge in [0.2, 0.25) is 0 Å². The van der Waals surface area contributed by atoms with E-state index in [1.807, 2.05) is 0 Å². The molecule has 0 aliphatic heterocycles. The Morgan fingerprint density at radius 2 is 1.91 bits per heavy atom. The van der Waals surface area contributed by atoms with Crippen molar-refractivity contribution in [1.82, 2.24) is 0 Å². The quantitative estimate of drug-likeness (QED) is 0.492. The van der Waals surface area contributed by atoms with Crippen LogP contribution >= 0.6 is 0 Å². The van der Waals surface area contributed by atoms with Crippen LogP contribution in [-0.4, -0.2) is 30.8 Å². The maximum Gasteiger partial charge on any atom is 0.536 e. The molecule has 1 N–H and O–H groups in total. The molecule has 1 rings (SSSR count). The summed E-state index contributed by atoms with van der Waals surface area (Å²) < 4.78 is 61.0. The Labute approximate surface area is 125 Å². The van der Waals surface area contributed by atoms with E-state index in [0.717, 1.165) is 0 Å². The molecule has 0 heterocycles. The largest absolute Gasteiger partial charge is 0.536 e. The van der Waals surface area contributed by atoms with Gasteiger partial charge in [0.15, 0.2) is 0 Å². The summed E-state index contributed by atoms with van der Waals surface area (Å²) in [5.74, 6) is 0. The van der Waals surface area contributed by atoms with Crippen molar-refractivity contribution >= 4 is 21.4 Å². The van der Waals surface area contributed by atoms with Crippen molar-refractivity contribution in [1.29, 1.82) is 0 Å². The summed E-state index contributed by atoms with van der Waals surface area (Å²) in [6, 6.07) is 8.62. The molecule has 0 bridgehead atoms. The van der Waals surface area contributed by atoms with E-state index in [1.54, 1.807) is 30.3 Å². The van der Waals surface area contributed by atoms with Gasteiger partial charge < -0.3 is 5.11 Å². The topological polar surface area (TPSA) is 76.0 Å². The molecule has 0 amide bonds. The van der Waals surface area contributed by atoms with Gasteiger partial charge in [0.25, 0.3) is 0 Å². The van der Waals surface area contributed by atoms with Crippen LogP contribution in [-0.2, 0) is 14.4 Å². The standard InChI is InChI=1S/C13H14F3NO4S/c1-9(17-21-22(19,20)13(14,15)16)8-12(18)10(2)11-6-4-3-5-7-11/h3-7,12,18H,2,8H2,1H3. The van der Waals surface area contributed by atoms with Crippen LogP contribution in [0.4, 0.5) is 13.2 Å². The monoisotopic (exact) mass is 337 g/mol. The predicted molar refractivity (Wildman–Crippen MR) is 75.3 cm³/mol. The number of oxime groups is 1. The van der Waals surface area contributed by atoms with Crippen molar-refractivity contribution in [3.05, 3.63) is 42.5 Å². The van der Waals surface area contributed by atoms with Gasteiger partial charge in [0.1, 0.15) is 0 Å². The SMILES string of the molecule is C=C(c1ccccc1)C(O)CC(C)=NOS(=O)(=O)C(F)(F)F. The summed E-state index contributed by atoms with van der Waals surface area (Å²) in [5.41, 5.74) is -4.71. The molecule has 1 aromatic rings. The number of alkyl halides is 3. The summed E-state index contributed by atoms with van der Waals surface area (Å²) in [5, 5.41) is 12.8. The molecule has 1 unspecified atom stereocenters. The average Bonchev–Trinajstić information content (AvgIpc) is 2.44. The molecule has 0 radical (unpaired) electrons. The number of rotatable bonds is 6. The molecule has 0 aliphatic rings. The first-order valence-corrected chi connectivity index (χ1v) is 7.41. The Morgan fingerprint density at radius 1 is 1.36 bits per heavy atom. The van der Waals surface area contributed by atoms with Gasteiger partial charge in [-0.05, 0) is 18.1 Å². The lowest BCUT2D eigenvalue weighted by molar-refractivity contribution is -0.0541. The Bertz CT molecular complexity index is 654. The van der Waals surface area contributed by atoms with E-state index in [9.17, 15) is 26.7 Å².